The normalized spacial score (nSPS) is 18.7. The first-order valence-electron chi connectivity index (χ1n) is 4.00. The number of rotatable bonds is 4. The largest absolute Gasteiger partial charge is 0.393 e. The van der Waals surface area contributed by atoms with Crippen LogP contribution < -0.4 is 10.9 Å². The summed E-state index contributed by atoms with van der Waals surface area (Å²) in [4.78, 5) is 3.80. The molecule has 0 aliphatic heterocycles. The second kappa shape index (κ2) is 4.88. The monoisotopic (exact) mass is 248 g/mol. The van der Waals surface area contributed by atoms with Gasteiger partial charge in [-0.3, -0.25) is 4.99 Å². The van der Waals surface area contributed by atoms with E-state index in [4.69, 9.17) is 10.9 Å². The van der Waals surface area contributed by atoms with Crippen molar-refractivity contribution in [2.24, 2.45) is 15.9 Å². The van der Waals surface area contributed by atoms with Gasteiger partial charge < -0.3 is 10.8 Å². The molecule has 0 bridgehead atoms. The number of sulfonamides is 1. The van der Waals surface area contributed by atoms with Gasteiger partial charge in [0, 0.05) is 11.8 Å². The van der Waals surface area contributed by atoms with Crippen molar-refractivity contribution in [1.29, 1.82) is 0 Å². The first-order valence-corrected chi connectivity index (χ1v) is 6.05. The van der Waals surface area contributed by atoms with Crippen molar-refractivity contribution in [3.63, 3.8) is 0 Å². The van der Waals surface area contributed by atoms with E-state index >= 15 is 0 Å². The standard InChI is InChI=1S/C7H14N3O3SSi/c1-5(6(8)14(9,12)13)3-10-4-7(2,11)15/h3,11H,4,8H2,1-2H3,(H2,9,12,13)/t7-/m0/s1. The lowest BCUT2D eigenvalue weighted by molar-refractivity contribution is 0.158. The van der Waals surface area contributed by atoms with Crippen molar-refractivity contribution in [2.45, 2.75) is 19.1 Å². The van der Waals surface area contributed by atoms with Crippen LogP contribution in [0.3, 0.4) is 0 Å². The van der Waals surface area contributed by atoms with Crippen LogP contribution in [-0.2, 0) is 10.0 Å². The molecule has 0 aliphatic rings. The average molecular weight is 248 g/mol. The molecule has 0 aromatic rings. The van der Waals surface area contributed by atoms with E-state index in [-0.39, 0.29) is 12.1 Å². The first-order chi connectivity index (χ1) is 6.54. The van der Waals surface area contributed by atoms with E-state index in [1.54, 1.807) is 0 Å². The van der Waals surface area contributed by atoms with Crippen LogP contribution in [0.5, 0.6) is 0 Å². The van der Waals surface area contributed by atoms with Crippen LogP contribution in [0.25, 0.3) is 0 Å². The zero-order chi connectivity index (χ0) is 12.3. The molecule has 0 saturated heterocycles. The summed E-state index contributed by atoms with van der Waals surface area (Å²) in [6.45, 7) is 3.04. The quantitative estimate of drug-likeness (QED) is 0.410. The molecule has 0 amide bonds. The molecule has 85 valence electrons. The van der Waals surface area contributed by atoms with Crippen LogP contribution in [0.2, 0.25) is 0 Å². The van der Waals surface area contributed by atoms with Gasteiger partial charge in [0.15, 0.2) is 0 Å². The number of aliphatic hydroxyl groups is 1. The minimum Gasteiger partial charge on any atom is -0.393 e. The summed E-state index contributed by atoms with van der Waals surface area (Å²) in [5, 5.41) is 12.5. The molecule has 5 N–H and O–H groups in total. The van der Waals surface area contributed by atoms with Gasteiger partial charge in [0.2, 0.25) is 0 Å². The van der Waals surface area contributed by atoms with Gasteiger partial charge >= 0.3 is 0 Å². The van der Waals surface area contributed by atoms with Crippen LogP contribution in [-0.4, -0.2) is 41.8 Å². The lowest BCUT2D eigenvalue weighted by atomic mass is 10.3. The SMILES string of the molecule is CC(C=NC[C@@](C)(O)[Si])=C(N)S(N)(=O)=O. The van der Waals surface area contributed by atoms with Crippen LogP contribution in [0.15, 0.2) is 15.6 Å². The van der Waals surface area contributed by atoms with Gasteiger partial charge in [-0.1, -0.05) is 0 Å². The lowest BCUT2D eigenvalue weighted by Gasteiger charge is -2.12. The maximum atomic E-state index is 10.8. The third-order valence-corrected chi connectivity index (χ3v) is 2.47. The topological polar surface area (TPSA) is 119 Å². The fraction of sp³-hybridized carbons (Fsp3) is 0.571. The molecule has 0 unspecified atom stereocenters. The molecule has 1 atom stereocenters. The maximum absolute atomic E-state index is 10.8. The van der Waals surface area contributed by atoms with Crippen molar-refractivity contribution < 1.29 is 13.5 Å². The summed E-state index contributed by atoms with van der Waals surface area (Å²) in [5.41, 5.74) is 5.47. The Hall–Kier alpha value is -0.703. The first kappa shape index (κ1) is 14.3. The Morgan fingerprint density at radius 1 is 1.67 bits per heavy atom. The summed E-state index contributed by atoms with van der Waals surface area (Å²) in [7, 11) is -0.869. The molecular formula is C7H14N3O3SSi. The summed E-state index contributed by atoms with van der Waals surface area (Å²) in [6.07, 6.45) is 1.24. The van der Waals surface area contributed by atoms with E-state index in [2.05, 4.69) is 15.2 Å². The van der Waals surface area contributed by atoms with Crippen molar-refractivity contribution in [3.05, 3.63) is 10.6 Å². The summed E-state index contributed by atoms with van der Waals surface area (Å²) in [6, 6.07) is 0. The highest BCUT2D eigenvalue weighted by Gasteiger charge is 2.12. The van der Waals surface area contributed by atoms with E-state index in [9.17, 15) is 13.5 Å². The van der Waals surface area contributed by atoms with Gasteiger partial charge in [-0.25, -0.2) is 13.6 Å². The molecule has 15 heavy (non-hydrogen) atoms. The Morgan fingerprint density at radius 3 is 2.47 bits per heavy atom. The van der Waals surface area contributed by atoms with Gasteiger partial charge in [-0.05, 0) is 13.8 Å². The molecule has 3 radical (unpaired) electrons. The summed E-state index contributed by atoms with van der Waals surface area (Å²) in [5.74, 6) is 0. The molecule has 0 spiro atoms. The second-order valence-electron chi connectivity index (χ2n) is 3.34. The van der Waals surface area contributed by atoms with Crippen molar-refractivity contribution in [1.82, 2.24) is 0 Å². The van der Waals surface area contributed by atoms with E-state index in [0.717, 1.165) is 0 Å². The van der Waals surface area contributed by atoms with Gasteiger partial charge in [0.1, 0.15) is 5.03 Å². The number of aliphatic imine (C=N–C) groups is 1. The average Bonchev–Trinajstić information content (AvgIpc) is 1.98. The van der Waals surface area contributed by atoms with Crippen LogP contribution in [0.1, 0.15) is 13.8 Å². The molecule has 0 heterocycles. The number of nitrogens with zero attached hydrogens (tertiary/aromatic N) is 1. The van der Waals surface area contributed by atoms with Gasteiger partial charge in [-0.15, -0.1) is 0 Å². The van der Waals surface area contributed by atoms with Gasteiger partial charge in [0.05, 0.1) is 22.0 Å². The van der Waals surface area contributed by atoms with Crippen molar-refractivity contribution in [2.75, 3.05) is 6.54 Å². The Bertz CT molecular complexity index is 381. The molecule has 8 heteroatoms. The number of hydrogen-bond donors (Lipinski definition) is 3. The lowest BCUT2D eigenvalue weighted by Crippen LogP contribution is -2.28. The van der Waals surface area contributed by atoms with Gasteiger partial charge in [0.25, 0.3) is 10.0 Å². The number of allylic oxidation sites excluding steroid dienone is 1. The molecule has 0 rings (SSSR count). The van der Waals surface area contributed by atoms with Crippen LogP contribution in [0, 0.1) is 0 Å². The number of primary sulfonamides is 1. The molecule has 0 fully saturated rings. The third-order valence-electron chi connectivity index (χ3n) is 1.38. The fourth-order valence-corrected chi connectivity index (χ4v) is 1.24. The second-order valence-corrected chi connectivity index (χ2v) is 5.94. The highest BCUT2D eigenvalue weighted by molar-refractivity contribution is 7.93. The Labute approximate surface area is 92.5 Å². The molecule has 0 aromatic carbocycles. The molecule has 6 nitrogen and oxygen atoms in total. The molecular weight excluding hydrogens is 234 g/mol. The number of nitrogens with two attached hydrogens (primary N) is 2. The zero-order valence-electron chi connectivity index (χ0n) is 8.56. The fourth-order valence-electron chi connectivity index (χ4n) is 0.648. The smallest absolute Gasteiger partial charge is 0.253 e. The minimum atomic E-state index is -3.88. The number of hydrogen-bond acceptors (Lipinski definition) is 5. The van der Waals surface area contributed by atoms with Crippen molar-refractivity contribution in [3.8, 4) is 0 Å². The van der Waals surface area contributed by atoms with E-state index in [1.165, 1.54) is 20.1 Å². The highest BCUT2D eigenvalue weighted by atomic mass is 32.2. The maximum Gasteiger partial charge on any atom is 0.253 e. The highest BCUT2D eigenvalue weighted by Crippen LogP contribution is 2.01. The van der Waals surface area contributed by atoms with E-state index in [0.29, 0.717) is 0 Å². The Morgan fingerprint density at radius 2 is 2.13 bits per heavy atom. The van der Waals surface area contributed by atoms with E-state index in [1.807, 2.05) is 0 Å². The summed E-state index contributed by atoms with van der Waals surface area (Å²) < 4.78 is 21.6. The van der Waals surface area contributed by atoms with Gasteiger partial charge in [-0.2, -0.15) is 0 Å². The molecule has 0 saturated carbocycles. The zero-order valence-corrected chi connectivity index (χ0v) is 10.4. The molecule has 0 aromatic heterocycles. The van der Waals surface area contributed by atoms with Crippen LogP contribution in [0.4, 0.5) is 0 Å². The van der Waals surface area contributed by atoms with E-state index < -0.39 is 20.3 Å². The summed E-state index contributed by atoms with van der Waals surface area (Å²) >= 11 is 0. The predicted octanol–water partition coefficient (Wildman–Crippen LogP) is -1.59. The van der Waals surface area contributed by atoms with Crippen molar-refractivity contribution >= 4 is 26.5 Å². The molecule has 0 aliphatic carbocycles. The van der Waals surface area contributed by atoms with Crippen LogP contribution >= 0.6 is 0 Å². The Kier molecular flexibility index (Phi) is 4.65. The third kappa shape index (κ3) is 6.39. The minimum absolute atomic E-state index is 0.0686. The Balaban J connectivity index is 4.70. The predicted molar refractivity (Wildman–Crippen MR) is 59.7 cm³/mol.